The number of amides is 3. The van der Waals surface area contributed by atoms with Crippen molar-refractivity contribution >= 4 is 17.6 Å². The van der Waals surface area contributed by atoms with Crippen LogP contribution in [0.15, 0.2) is 18.2 Å². The van der Waals surface area contributed by atoms with Gasteiger partial charge in [0, 0.05) is 18.3 Å². The first-order valence-electron chi connectivity index (χ1n) is 6.93. The minimum atomic E-state index is -0.786. The summed E-state index contributed by atoms with van der Waals surface area (Å²) in [5.74, 6) is 0.655. The minimum Gasteiger partial charge on any atom is -0.454 e. The Balaban J connectivity index is 1.67. The summed E-state index contributed by atoms with van der Waals surface area (Å²) in [5.41, 5.74) is 5.84. The van der Waals surface area contributed by atoms with Crippen LogP contribution in [0.1, 0.15) is 6.92 Å². The number of ether oxygens (including phenoxy) is 3. The molecule has 3 amide bonds. The minimum absolute atomic E-state index is 0.135. The summed E-state index contributed by atoms with van der Waals surface area (Å²) in [7, 11) is 0. The van der Waals surface area contributed by atoms with Crippen molar-refractivity contribution in [3.05, 3.63) is 18.2 Å². The molecule has 0 aliphatic carbocycles. The van der Waals surface area contributed by atoms with Gasteiger partial charge in [-0.15, -0.1) is 0 Å². The fourth-order valence-electron chi connectivity index (χ4n) is 2.45. The second kappa shape index (κ2) is 5.72. The number of carbonyl (C=O) groups is 2. The number of primary amides is 1. The summed E-state index contributed by atoms with van der Waals surface area (Å²) in [5, 5.41) is 2.77. The van der Waals surface area contributed by atoms with Crippen molar-refractivity contribution in [2.45, 2.75) is 19.1 Å². The number of anilines is 1. The van der Waals surface area contributed by atoms with Crippen LogP contribution >= 0.6 is 0 Å². The molecule has 1 aromatic carbocycles. The van der Waals surface area contributed by atoms with E-state index in [-0.39, 0.29) is 25.5 Å². The van der Waals surface area contributed by atoms with E-state index in [2.05, 4.69) is 5.32 Å². The number of carbonyl (C=O) groups excluding carboxylic acids is 2. The maximum Gasteiger partial charge on any atom is 0.322 e. The molecule has 2 aliphatic rings. The van der Waals surface area contributed by atoms with Crippen LogP contribution in [0.5, 0.6) is 11.5 Å². The maximum atomic E-state index is 12.3. The van der Waals surface area contributed by atoms with E-state index in [9.17, 15) is 9.59 Å². The van der Waals surface area contributed by atoms with E-state index >= 15 is 0 Å². The van der Waals surface area contributed by atoms with Crippen LogP contribution in [0.2, 0.25) is 0 Å². The van der Waals surface area contributed by atoms with Gasteiger partial charge in [-0.05, 0) is 19.1 Å². The predicted octanol–water partition coefficient (Wildman–Crippen LogP) is 0.522. The Hall–Kier alpha value is -2.48. The Labute approximate surface area is 127 Å². The number of rotatable bonds is 2. The van der Waals surface area contributed by atoms with Gasteiger partial charge in [0.25, 0.3) is 0 Å². The van der Waals surface area contributed by atoms with Crippen molar-refractivity contribution < 1.29 is 23.8 Å². The van der Waals surface area contributed by atoms with Crippen LogP contribution in [0.4, 0.5) is 10.5 Å². The van der Waals surface area contributed by atoms with E-state index in [0.29, 0.717) is 23.7 Å². The summed E-state index contributed by atoms with van der Waals surface area (Å²) in [6.07, 6.45) is -1.04. The number of morpholine rings is 1. The average molecular weight is 307 g/mol. The molecule has 118 valence electrons. The number of nitrogens with two attached hydrogens (primary N) is 1. The number of fused-ring (bicyclic) bond motifs is 1. The van der Waals surface area contributed by atoms with Gasteiger partial charge >= 0.3 is 6.03 Å². The van der Waals surface area contributed by atoms with Gasteiger partial charge in [0.2, 0.25) is 12.7 Å². The van der Waals surface area contributed by atoms with Crippen LogP contribution in [-0.4, -0.2) is 48.9 Å². The molecule has 0 radical (unpaired) electrons. The summed E-state index contributed by atoms with van der Waals surface area (Å²) >= 11 is 0. The van der Waals surface area contributed by atoms with Gasteiger partial charge < -0.3 is 30.2 Å². The van der Waals surface area contributed by atoms with Gasteiger partial charge in [-0.3, -0.25) is 4.79 Å². The van der Waals surface area contributed by atoms with E-state index in [0.717, 1.165) is 0 Å². The summed E-state index contributed by atoms with van der Waals surface area (Å²) < 4.78 is 15.9. The van der Waals surface area contributed by atoms with E-state index in [1.807, 2.05) is 0 Å². The van der Waals surface area contributed by atoms with Crippen molar-refractivity contribution in [2.75, 3.05) is 25.2 Å². The fraction of sp³-hybridized carbons (Fsp3) is 0.429. The number of nitrogens with zero attached hydrogens (tertiary/aromatic N) is 1. The van der Waals surface area contributed by atoms with Gasteiger partial charge in [-0.1, -0.05) is 0 Å². The Morgan fingerprint density at radius 2 is 2.05 bits per heavy atom. The Kier molecular flexibility index (Phi) is 3.76. The van der Waals surface area contributed by atoms with Crippen LogP contribution in [-0.2, 0) is 9.53 Å². The van der Waals surface area contributed by atoms with Gasteiger partial charge in [0.1, 0.15) is 0 Å². The molecule has 0 bridgehead atoms. The molecule has 3 N–H and O–H groups in total. The largest absolute Gasteiger partial charge is 0.454 e. The highest BCUT2D eigenvalue weighted by atomic mass is 16.7. The van der Waals surface area contributed by atoms with Crippen molar-refractivity contribution in [3.8, 4) is 11.5 Å². The molecular weight excluding hydrogens is 290 g/mol. The number of hydrogen-bond donors (Lipinski definition) is 2. The molecule has 0 spiro atoms. The zero-order chi connectivity index (χ0) is 15.7. The van der Waals surface area contributed by atoms with Gasteiger partial charge in [0.05, 0.1) is 12.6 Å². The number of urea groups is 1. The lowest BCUT2D eigenvalue weighted by atomic mass is 10.2. The normalized spacial score (nSPS) is 23.2. The van der Waals surface area contributed by atoms with Gasteiger partial charge in [-0.25, -0.2) is 4.79 Å². The van der Waals surface area contributed by atoms with Crippen LogP contribution in [0.25, 0.3) is 0 Å². The van der Waals surface area contributed by atoms with Crippen LogP contribution in [0, 0.1) is 0 Å². The molecule has 2 atom stereocenters. The van der Waals surface area contributed by atoms with E-state index < -0.39 is 12.0 Å². The van der Waals surface area contributed by atoms with Gasteiger partial charge in [0.15, 0.2) is 17.6 Å². The first-order chi connectivity index (χ1) is 10.5. The fourth-order valence-corrected chi connectivity index (χ4v) is 2.45. The lowest BCUT2D eigenvalue weighted by Crippen LogP contribution is -2.54. The van der Waals surface area contributed by atoms with Crippen molar-refractivity contribution in [2.24, 2.45) is 5.73 Å². The molecule has 1 fully saturated rings. The zero-order valence-electron chi connectivity index (χ0n) is 12.1. The quantitative estimate of drug-likeness (QED) is 0.829. The number of benzene rings is 1. The summed E-state index contributed by atoms with van der Waals surface area (Å²) in [6, 6.07) is 4.82. The zero-order valence-corrected chi connectivity index (χ0v) is 12.1. The third kappa shape index (κ3) is 2.91. The molecular formula is C14H17N3O5. The Morgan fingerprint density at radius 1 is 1.27 bits per heavy atom. The molecule has 2 heterocycles. The number of hydrogen-bond acceptors (Lipinski definition) is 5. The smallest absolute Gasteiger partial charge is 0.322 e. The Bertz CT molecular complexity index is 606. The first kappa shape index (κ1) is 14.5. The third-order valence-electron chi connectivity index (χ3n) is 3.49. The van der Waals surface area contributed by atoms with Gasteiger partial charge in [-0.2, -0.15) is 0 Å². The molecule has 1 unspecified atom stereocenters. The molecule has 0 aromatic heterocycles. The second-order valence-electron chi connectivity index (χ2n) is 5.24. The lowest BCUT2D eigenvalue weighted by Gasteiger charge is -2.35. The van der Waals surface area contributed by atoms with Crippen LogP contribution in [0.3, 0.4) is 0 Å². The van der Waals surface area contributed by atoms with Crippen molar-refractivity contribution in [3.63, 3.8) is 0 Å². The Morgan fingerprint density at radius 3 is 2.82 bits per heavy atom. The molecule has 8 nitrogen and oxygen atoms in total. The highest BCUT2D eigenvalue weighted by Crippen LogP contribution is 2.34. The first-order valence-corrected chi connectivity index (χ1v) is 6.93. The lowest BCUT2D eigenvalue weighted by molar-refractivity contribution is -0.139. The predicted molar refractivity (Wildman–Crippen MR) is 76.7 cm³/mol. The van der Waals surface area contributed by atoms with Crippen LogP contribution < -0.4 is 20.5 Å². The molecule has 1 aromatic rings. The molecule has 22 heavy (non-hydrogen) atoms. The number of nitrogens with one attached hydrogen (secondary N) is 1. The van der Waals surface area contributed by atoms with Crippen molar-refractivity contribution in [1.82, 2.24) is 4.90 Å². The second-order valence-corrected chi connectivity index (χ2v) is 5.24. The van der Waals surface area contributed by atoms with E-state index in [4.69, 9.17) is 19.9 Å². The van der Waals surface area contributed by atoms with E-state index in [1.165, 1.54) is 4.90 Å². The molecule has 3 rings (SSSR count). The molecule has 0 saturated carbocycles. The molecule has 8 heteroatoms. The molecule has 2 aliphatic heterocycles. The average Bonchev–Trinajstić information content (AvgIpc) is 2.94. The highest BCUT2D eigenvalue weighted by molar-refractivity contribution is 5.90. The summed E-state index contributed by atoms with van der Waals surface area (Å²) in [4.78, 5) is 25.1. The van der Waals surface area contributed by atoms with E-state index in [1.54, 1.807) is 25.1 Å². The maximum absolute atomic E-state index is 12.3. The highest BCUT2D eigenvalue weighted by Gasteiger charge is 2.31. The van der Waals surface area contributed by atoms with Crippen molar-refractivity contribution in [1.29, 1.82) is 0 Å². The SMILES string of the molecule is C[C@@H]1CN(C(=O)Nc2ccc3c(c2)OCO3)CC(C(N)=O)O1. The third-order valence-corrected chi connectivity index (χ3v) is 3.49. The standard InChI is InChI=1S/C14H17N3O5/c1-8-5-17(6-12(22-8)13(15)18)14(19)16-9-2-3-10-11(4-9)21-7-20-10/h2-4,8,12H,5-7H2,1H3,(H2,15,18)(H,16,19)/t8-,12?/m1/s1. The monoisotopic (exact) mass is 307 g/mol. The molecule has 1 saturated heterocycles. The summed E-state index contributed by atoms with van der Waals surface area (Å²) in [6.45, 7) is 2.49. The topological polar surface area (TPSA) is 103 Å².